The number of fused-ring (bicyclic) bond motifs is 3. The third kappa shape index (κ3) is 5.98. The number of piperidine rings is 1. The molecule has 1 saturated heterocycles. The molecule has 3 aromatic carbocycles. The van der Waals surface area contributed by atoms with Crippen molar-refractivity contribution < 1.29 is 13.9 Å². The van der Waals surface area contributed by atoms with E-state index in [0.29, 0.717) is 17.6 Å². The highest BCUT2D eigenvalue weighted by Gasteiger charge is 2.19. The Morgan fingerprint density at radius 1 is 0.914 bits per heavy atom. The number of methoxy groups -OCH3 is 1. The van der Waals surface area contributed by atoms with E-state index in [4.69, 9.17) is 13.9 Å². The molecular weight excluding hydrogens is 462 g/mol. The molecule has 0 aliphatic carbocycles. The second kappa shape index (κ2) is 11.6. The molecule has 0 amide bonds. The van der Waals surface area contributed by atoms with Crippen LogP contribution < -0.4 is 15.1 Å². The van der Waals surface area contributed by atoms with Crippen LogP contribution in [0.15, 0.2) is 75.9 Å². The van der Waals surface area contributed by atoms with Gasteiger partial charge in [0.25, 0.3) is 0 Å². The molecule has 1 aromatic heterocycles. The van der Waals surface area contributed by atoms with E-state index in [1.54, 1.807) is 13.2 Å². The van der Waals surface area contributed by atoms with Crippen molar-refractivity contribution in [1.29, 1.82) is 0 Å². The van der Waals surface area contributed by atoms with Crippen molar-refractivity contribution in [1.82, 2.24) is 4.90 Å². The van der Waals surface area contributed by atoms with Crippen LogP contribution in [0.5, 0.6) is 11.5 Å². The Labute approximate surface area is 212 Å². The lowest BCUT2D eigenvalue weighted by molar-refractivity contribution is 0.170. The Hall–Kier alpha value is -3.02. The average molecular weight is 494 g/mol. The molecule has 35 heavy (non-hydrogen) atoms. The summed E-state index contributed by atoms with van der Waals surface area (Å²) in [5.74, 6) is 2.42. The van der Waals surface area contributed by atoms with Crippen molar-refractivity contribution in [2.75, 3.05) is 33.4 Å². The maximum Gasteiger partial charge on any atom is 0.344 e. The summed E-state index contributed by atoms with van der Waals surface area (Å²) in [5.41, 5.74) is 1.62. The minimum absolute atomic E-state index is 0. The molecule has 0 atom stereocenters. The van der Waals surface area contributed by atoms with Gasteiger partial charge in [-0.15, -0.1) is 12.4 Å². The van der Waals surface area contributed by atoms with Crippen LogP contribution in [0.3, 0.4) is 0 Å². The molecule has 0 saturated carbocycles. The van der Waals surface area contributed by atoms with E-state index in [1.165, 1.54) is 18.4 Å². The Balaban J connectivity index is 0.00000289. The first-order valence-electron chi connectivity index (χ1n) is 12.1. The third-order valence-corrected chi connectivity index (χ3v) is 6.85. The van der Waals surface area contributed by atoms with E-state index in [9.17, 15) is 4.79 Å². The summed E-state index contributed by atoms with van der Waals surface area (Å²) in [6.45, 7) is 3.97. The van der Waals surface area contributed by atoms with Crippen LogP contribution in [0.1, 0.15) is 24.8 Å². The summed E-state index contributed by atoms with van der Waals surface area (Å²) >= 11 is 0. The minimum Gasteiger partial charge on any atom is -0.497 e. The summed E-state index contributed by atoms with van der Waals surface area (Å²) in [5, 5.41) is 2.45. The van der Waals surface area contributed by atoms with Crippen molar-refractivity contribution in [3.05, 3.63) is 82.7 Å². The number of nitrogens with zero attached hydrogens (tertiary/aromatic N) is 1. The van der Waals surface area contributed by atoms with Gasteiger partial charge in [0.15, 0.2) is 0 Å². The summed E-state index contributed by atoms with van der Waals surface area (Å²) in [7, 11) is 1.72. The number of halogens is 1. The van der Waals surface area contributed by atoms with Crippen LogP contribution in [0, 0.1) is 5.92 Å². The molecule has 0 spiro atoms. The standard InChI is InChI=1S/C29H31NO4.ClH/c1-32-23-7-4-6-22(19-23)18-21-12-15-30(16-13-21)14-5-17-33-24-10-11-26-25-8-2-3-9-27(25)29(31)34-28(26)20-24;/h2-4,6-11,19-21H,5,12-18H2,1H3;1H. The Kier molecular flexibility index (Phi) is 8.32. The average Bonchev–Trinajstić information content (AvgIpc) is 2.88. The fraction of sp³-hybridized carbons (Fsp3) is 0.345. The molecule has 5 nitrogen and oxygen atoms in total. The zero-order valence-electron chi connectivity index (χ0n) is 20.1. The highest BCUT2D eigenvalue weighted by atomic mass is 35.5. The topological polar surface area (TPSA) is 51.9 Å². The highest BCUT2D eigenvalue weighted by Crippen LogP contribution is 2.27. The van der Waals surface area contributed by atoms with E-state index in [2.05, 4.69) is 23.1 Å². The molecule has 0 N–H and O–H groups in total. The number of ether oxygens (including phenoxy) is 2. The van der Waals surface area contributed by atoms with Crippen molar-refractivity contribution in [3.8, 4) is 11.5 Å². The SMILES string of the molecule is COc1cccc(CC2CCN(CCCOc3ccc4c(c3)oc(=O)c3ccccc34)CC2)c1.Cl. The molecule has 1 aliphatic heterocycles. The van der Waals surface area contributed by atoms with Gasteiger partial charge in [0.1, 0.15) is 17.1 Å². The third-order valence-electron chi connectivity index (χ3n) is 6.85. The number of hydrogen-bond acceptors (Lipinski definition) is 5. The normalized spacial score (nSPS) is 14.7. The molecule has 0 unspecified atom stereocenters. The first-order chi connectivity index (χ1) is 16.7. The first-order valence-corrected chi connectivity index (χ1v) is 12.1. The van der Waals surface area contributed by atoms with Gasteiger partial charge < -0.3 is 18.8 Å². The van der Waals surface area contributed by atoms with Gasteiger partial charge in [0, 0.05) is 18.0 Å². The lowest BCUT2D eigenvalue weighted by atomic mass is 9.90. The van der Waals surface area contributed by atoms with E-state index < -0.39 is 0 Å². The van der Waals surface area contributed by atoms with E-state index in [-0.39, 0.29) is 18.0 Å². The number of rotatable bonds is 8. The van der Waals surface area contributed by atoms with E-state index >= 15 is 0 Å². The molecule has 0 radical (unpaired) electrons. The van der Waals surface area contributed by atoms with Gasteiger partial charge >= 0.3 is 5.63 Å². The van der Waals surface area contributed by atoms with Crippen LogP contribution in [0.4, 0.5) is 0 Å². The first kappa shape index (κ1) is 25.1. The van der Waals surface area contributed by atoms with Crippen LogP contribution in [-0.4, -0.2) is 38.3 Å². The molecule has 1 aliphatic rings. The van der Waals surface area contributed by atoms with Gasteiger partial charge in [-0.3, -0.25) is 0 Å². The van der Waals surface area contributed by atoms with Gasteiger partial charge in [-0.05, 0) is 86.0 Å². The van der Waals surface area contributed by atoms with Gasteiger partial charge in [0.05, 0.1) is 19.1 Å². The van der Waals surface area contributed by atoms with Crippen LogP contribution in [-0.2, 0) is 6.42 Å². The van der Waals surface area contributed by atoms with Gasteiger partial charge in [0.2, 0.25) is 0 Å². The Morgan fingerprint density at radius 2 is 1.71 bits per heavy atom. The van der Waals surface area contributed by atoms with Crippen molar-refractivity contribution >= 4 is 34.1 Å². The molecule has 0 bridgehead atoms. The van der Waals surface area contributed by atoms with E-state index in [1.807, 2.05) is 42.5 Å². The predicted molar refractivity (Wildman–Crippen MR) is 143 cm³/mol. The molecule has 6 heteroatoms. The zero-order valence-corrected chi connectivity index (χ0v) is 20.9. The maximum atomic E-state index is 12.3. The van der Waals surface area contributed by atoms with Crippen molar-refractivity contribution in [2.24, 2.45) is 5.92 Å². The molecule has 2 heterocycles. The van der Waals surface area contributed by atoms with Crippen molar-refractivity contribution in [2.45, 2.75) is 25.7 Å². The van der Waals surface area contributed by atoms with Crippen LogP contribution in [0.2, 0.25) is 0 Å². The second-order valence-electron chi connectivity index (χ2n) is 9.14. The minimum atomic E-state index is -0.310. The summed E-state index contributed by atoms with van der Waals surface area (Å²) in [6, 6.07) is 21.7. The van der Waals surface area contributed by atoms with Crippen LogP contribution in [0.25, 0.3) is 21.7 Å². The predicted octanol–water partition coefficient (Wildman–Crippen LogP) is 6.10. The monoisotopic (exact) mass is 493 g/mol. The zero-order chi connectivity index (χ0) is 23.3. The quantitative estimate of drug-likeness (QED) is 0.169. The fourth-order valence-corrected chi connectivity index (χ4v) is 4.98. The molecule has 184 valence electrons. The summed E-state index contributed by atoms with van der Waals surface area (Å²) in [4.78, 5) is 14.8. The Bertz CT molecular complexity index is 1330. The maximum absolute atomic E-state index is 12.3. The van der Waals surface area contributed by atoms with Gasteiger partial charge in [-0.2, -0.15) is 0 Å². The van der Waals surface area contributed by atoms with E-state index in [0.717, 1.165) is 60.7 Å². The van der Waals surface area contributed by atoms with Crippen molar-refractivity contribution in [3.63, 3.8) is 0 Å². The van der Waals surface area contributed by atoms with Gasteiger partial charge in [-0.1, -0.05) is 30.3 Å². The lowest BCUT2D eigenvalue weighted by Crippen LogP contribution is -2.35. The largest absolute Gasteiger partial charge is 0.497 e. The molecular formula is C29H32ClNO4. The summed E-state index contributed by atoms with van der Waals surface area (Å²) in [6.07, 6.45) is 4.56. The molecule has 1 fully saturated rings. The van der Waals surface area contributed by atoms with Gasteiger partial charge in [-0.25, -0.2) is 4.79 Å². The highest BCUT2D eigenvalue weighted by molar-refractivity contribution is 6.04. The summed E-state index contributed by atoms with van der Waals surface area (Å²) < 4.78 is 16.9. The molecule has 4 aromatic rings. The Morgan fingerprint density at radius 3 is 2.51 bits per heavy atom. The number of benzene rings is 3. The smallest absolute Gasteiger partial charge is 0.344 e. The molecule has 5 rings (SSSR count). The number of hydrogen-bond donors (Lipinski definition) is 0. The second-order valence-corrected chi connectivity index (χ2v) is 9.14. The lowest BCUT2D eigenvalue weighted by Gasteiger charge is -2.32. The van der Waals surface area contributed by atoms with Crippen LogP contribution >= 0.6 is 12.4 Å². The fourth-order valence-electron chi connectivity index (χ4n) is 4.98. The number of likely N-dealkylation sites (tertiary alicyclic amines) is 1.